The van der Waals surface area contributed by atoms with Gasteiger partial charge < -0.3 is 4.90 Å². The van der Waals surface area contributed by atoms with Crippen molar-refractivity contribution >= 4 is 23.0 Å². The standard InChI is InChI=1S/C11H13NO2S/c13-9(10-4-2-8-15-10)3-1-5-11(14)12-6-7-12/h2,4,8H,1,3,5-7H2. The molecule has 15 heavy (non-hydrogen) atoms. The maximum atomic E-state index is 11.6. The van der Waals surface area contributed by atoms with Crippen molar-refractivity contribution in [2.45, 2.75) is 19.3 Å². The van der Waals surface area contributed by atoms with Crippen LogP contribution in [0.3, 0.4) is 0 Å². The average molecular weight is 223 g/mol. The molecule has 1 saturated heterocycles. The molecule has 80 valence electrons. The van der Waals surface area contributed by atoms with Gasteiger partial charge in [0.2, 0.25) is 5.91 Å². The highest BCUT2D eigenvalue weighted by Crippen LogP contribution is 2.14. The lowest BCUT2D eigenvalue weighted by atomic mass is 10.1. The summed E-state index contributed by atoms with van der Waals surface area (Å²) in [4.78, 5) is 25.5. The van der Waals surface area contributed by atoms with Crippen molar-refractivity contribution in [1.82, 2.24) is 4.90 Å². The first-order chi connectivity index (χ1) is 7.27. The van der Waals surface area contributed by atoms with Gasteiger partial charge in [-0.25, -0.2) is 0 Å². The van der Waals surface area contributed by atoms with Crippen molar-refractivity contribution in [2.24, 2.45) is 0 Å². The van der Waals surface area contributed by atoms with Gasteiger partial charge in [-0.05, 0) is 17.9 Å². The molecule has 2 rings (SSSR count). The summed E-state index contributed by atoms with van der Waals surface area (Å²) in [6, 6.07) is 3.71. The zero-order valence-corrected chi connectivity index (χ0v) is 9.26. The van der Waals surface area contributed by atoms with Crippen LogP contribution >= 0.6 is 11.3 Å². The van der Waals surface area contributed by atoms with E-state index in [2.05, 4.69) is 0 Å². The molecule has 0 saturated carbocycles. The number of amides is 1. The van der Waals surface area contributed by atoms with Crippen LogP contribution in [-0.4, -0.2) is 29.7 Å². The monoisotopic (exact) mass is 223 g/mol. The van der Waals surface area contributed by atoms with Gasteiger partial charge in [-0.1, -0.05) is 6.07 Å². The van der Waals surface area contributed by atoms with Crippen LogP contribution in [0.15, 0.2) is 17.5 Å². The third-order valence-corrected chi connectivity index (χ3v) is 3.30. The topological polar surface area (TPSA) is 37.1 Å². The van der Waals surface area contributed by atoms with E-state index in [1.54, 1.807) is 4.90 Å². The largest absolute Gasteiger partial charge is 0.339 e. The number of carbonyl (C=O) groups excluding carboxylic acids is 2. The Morgan fingerprint density at radius 2 is 2.13 bits per heavy atom. The fourth-order valence-electron chi connectivity index (χ4n) is 1.42. The molecule has 1 aromatic heterocycles. The molecule has 0 radical (unpaired) electrons. The molecule has 0 N–H and O–H groups in total. The Balaban J connectivity index is 1.69. The quantitative estimate of drug-likeness (QED) is 0.565. The highest BCUT2D eigenvalue weighted by molar-refractivity contribution is 7.12. The Labute approximate surface area is 92.7 Å². The third-order valence-electron chi connectivity index (χ3n) is 2.39. The Morgan fingerprint density at radius 1 is 1.33 bits per heavy atom. The van der Waals surface area contributed by atoms with Crippen LogP contribution in [0.5, 0.6) is 0 Å². The molecule has 1 aromatic rings. The van der Waals surface area contributed by atoms with Crippen molar-refractivity contribution in [2.75, 3.05) is 13.1 Å². The molecule has 0 bridgehead atoms. The minimum atomic E-state index is 0.156. The first-order valence-corrected chi connectivity index (χ1v) is 6.00. The predicted octanol–water partition coefficient (Wildman–Crippen LogP) is 1.94. The van der Waals surface area contributed by atoms with Crippen molar-refractivity contribution in [1.29, 1.82) is 0 Å². The summed E-state index contributed by atoms with van der Waals surface area (Å²) in [5.74, 6) is 0.345. The molecule has 1 fully saturated rings. The lowest BCUT2D eigenvalue weighted by Gasteiger charge is -2.00. The summed E-state index contributed by atoms with van der Waals surface area (Å²) >= 11 is 1.46. The van der Waals surface area contributed by atoms with Crippen molar-refractivity contribution < 1.29 is 9.59 Å². The Kier molecular flexibility index (Phi) is 3.16. The van der Waals surface area contributed by atoms with Gasteiger partial charge in [0.05, 0.1) is 4.88 Å². The van der Waals surface area contributed by atoms with E-state index in [0.29, 0.717) is 19.3 Å². The molecule has 1 aliphatic heterocycles. The molecule has 0 aromatic carbocycles. The van der Waals surface area contributed by atoms with Gasteiger partial charge in [0, 0.05) is 25.9 Å². The number of Topliss-reactive ketones (excluding diaryl/α,β-unsaturated/α-hetero) is 1. The fraction of sp³-hybridized carbons (Fsp3) is 0.455. The van der Waals surface area contributed by atoms with Gasteiger partial charge in [-0.3, -0.25) is 9.59 Å². The van der Waals surface area contributed by atoms with E-state index in [0.717, 1.165) is 18.0 Å². The molecule has 4 heteroatoms. The van der Waals surface area contributed by atoms with E-state index in [-0.39, 0.29) is 11.7 Å². The second kappa shape index (κ2) is 4.57. The maximum absolute atomic E-state index is 11.6. The molecule has 2 heterocycles. The van der Waals surface area contributed by atoms with E-state index < -0.39 is 0 Å². The number of hydrogen-bond donors (Lipinski definition) is 0. The zero-order chi connectivity index (χ0) is 10.7. The number of carbonyl (C=O) groups is 2. The van der Waals surface area contributed by atoms with Crippen molar-refractivity contribution in [3.63, 3.8) is 0 Å². The van der Waals surface area contributed by atoms with Crippen molar-refractivity contribution in [3.05, 3.63) is 22.4 Å². The van der Waals surface area contributed by atoms with E-state index in [1.165, 1.54) is 11.3 Å². The highest BCUT2D eigenvalue weighted by Gasteiger charge is 2.23. The summed E-state index contributed by atoms with van der Waals surface area (Å²) in [5.41, 5.74) is 0. The average Bonchev–Trinajstić information content (AvgIpc) is 2.93. The highest BCUT2D eigenvalue weighted by atomic mass is 32.1. The molecule has 0 aliphatic carbocycles. The molecule has 0 unspecified atom stereocenters. The van der Waals surface area contributed by atoms with Crippen LogP contribution < -0.4 is 0 Å². The Bertz CT molecular complexity index is 355. The summed E-state index contributed by atoms with van der Waals surface area (Å²) in [5, 5.41) is 1.90. The summed E-state index contributed by atoms with van der Waals surface area (Å²) in [7, 11) is 0. The number of rotatable bonds is 5. The van der Waals surface area contributed by atoms with Gasteiger partial charge in [0.1, 0.15) is 0 Å². The molecule has 1 amide bonds. The summed E-state index contributed by atoms with van der Waals surface area (Å²) in [6.45, 7) is 1.80. The Morgan fingerprint density at radius 3 is 2.73 bits per heavy atom. The SMILES string of the molecule is O=C(CCCC(=O)N1CC1)c1cccs1. The van der Waals surface area contributed by atoms with Crippen molar-refractivity contribution in [3.8, 4) is 0 Å². The van der Waals surface area contributed by atoms with Gasteiger partial charge in [0.25, 0.3) is 0 Å². The second-order valence-corrected chi connectivity index (χ2v) is 4.58. The number of nitrogens with zero attached hydrogens (tertiary/aromatic N) is 1. The van der Waals surface area contributed by atoms with E-state index in [9.17, 15) is 9.59 Å². The molecule has 3 nitrogen and oxygen atoms in total. The third kappa shape index (κ3) is 2.89. The fourth-order valence-corrected chi connectivity index (χ4v) is 2.11. The number of hydrogen-bond acceptors (Lipinski definition) is 3. The van der Waals surface area contributed by atoms with Crippen LogP contribution in [0.25, 0.3) is 0 Å². The summed E-state index contributed by atoms with van der Waals surface area (Å²) < 4.78 is 0. The van der Waals surface area contributed by atoms with Crippen LogP contribution in [0.2, 0.25) is 0 Å². The molecular formula is C11H13NO2S. The predicted molar refractivity (Wildman–Crippen MR) is 59.1 cm³/mol. The zero-order valence-electron chi connectivity index (χ0n) is 8.44. The molecule has 0 spiro atoms. The van der Waals surface area contributed by atoms with E-state index in [4.69, 9.17) is 0 Å². The number of thiophene rings is 1. The van der Waals surface area contributed by atoms with E-state index >= 15 is 0 Å². The van der Waals surface area contributed by atoms with Crippen LogP contribution in [0.1, 0.15) is 28.9 Å². The lowest BCUT2D eigenvalue weighted by molar-refractivity contribution is -0.125. The van der Waals surface area contributed by atoms with E-state index in [1.807, 2.05) is 17.5 Å². The first kappa shape index (κ1) is 10.4. The smallest absolute Gasteiger partial charge is 0.222 e. The van der Waals surface area contributed by atoms with Gasteiger partial charge in [-0.15, -0.1) is 11.3 Å². The lowest BCUT2D eigenvalue weighted by Crippen LogP contribution is -2.10. The minimum Gasteiger partial charge on any atom is -0.339 e. The minimum absolute atomic E-state index is 0.156. The van der Waals surface area contributed by atoms with Gasteiger partial charge in [-0.2, -0.15) is 0 Å². The summed E-state index contributed by atoms with van der Waals surface area (Å²) in [6.07, 6.45) is 1.67. The molecule has 1 aliphatic rings. The second-order valence-electron chi connectivity index (χ2n) is 3.63. The van der Waals surface area contributed by atoms with Gasteiger partial charge >= 0.3 is 0 Å². The van der Waals surface area contributed by atoms with Gasteiger partial charge in [0.15, 0.2) is 5.78 Å². The first-order valence-electron chi connectivity index (χ1n) is 5.12. The molecular weight excluding hydrogens is 210 g/mol. The normalized spacial score (nSPS) is 14.0. The van der Waals surface area contributed by atoms with Crippen LogP contribution in [0, 0.1) is 0 Å². The Hall–Kier alpha value is -1.16. The number of ketones is 1. The maximum Gasteiger partial charge on any atom is 0.222 e. The van der Waals surface area contributed by atoms with Crippen LogP contribution in [0.4, 0.5) is 0 Å². The molecule has 0 atom stereocenters. The van der Waals surface area contributed by atoms with Crippen LogP contribution in [-0.2, 0) is 4.79 Å².